The first kappa shape index (κ1) is 14.7. The molecule has 1 aromatic carbocycles. The second kappa shape index (κ2) is 5.53. The van der Waals surface area contributed by atoms with E-state index >= 15 is 0 Å². The predicted octanol–water partition coefficient (Wildman–Crippen LogP) is 1.99. The largest absolute Gasteiger partial charge is 0.385 e. The van der Waals surface area contributed by atoms with Crippen molar-refractivity contribution in [1.29, 1.82) is 0 Å². The number of nitrogen functional groups attached to an aromatic ring is 1. The van der Waals surface area contributed by atoms with Gasteiger partial charge in [-0.3, -0.25) is 0 Å². The Hall–Kier alpha value is -2.21. The number of hydrogen-bond donors (Lipinski definition) is 2. The van der Waals surface area contributed by atoms with Crippen molar-refractivity contribution >= 4 is 11.8 Å². The molecule has 1 fully saturated rings. The third-order valence-corrected chi connectivity index (χ3v) is 4.15. The van der Waals surface area contributed by atoms with Crippen LogP contribution in [0.3, 0.4) is 0 Å². The molecule has 0 radical (unpaired) electrons. The summed E-state index contributed by atoms with van der Waals surface area (Å²) in [6.45, 7) is 3.03. The van der Waals surface area contributed by atoms with Crippen molar-refractivity contribution in [3.8, 4) is 0 Å². The van der Waals surface area contributed by atoms with Crippen LogP contribution in [0.4, 0.5) is 16.2 Å². The number of nitrogens with two attached hydrogens (primary N) is 1. The maximum atomic E-state index is 13.9. The predicted molar refractivity (Wildman–Crippen MR) is 82.9 cm³/mol. The van der Waals surface area contributed by atoms with Crippen LogP contribution in [0.2, 0.25) is 0 Å². The standard InChI is InChI=1S/C16H19FN4O/c1-11-10-14(20-15(18)19-11)21-8-6-16(22,7-9-21)12-4-2-3-5-13(12)17/h2-5,10,22H,6-9H2,1H3,(H2,18,19,20). The summed E-state index contributed by atoms with van der Waals surface area (Å²) in [6, 6.07) is 8.27. The summed E-state index contributed by atoms with van der Waals surface area (Å²) in [5, 5.41) is 10.8. The molecular weight excluding hydrogens is 283 g/mol. The third-order valence-electron chi connectivity index (χ3n) is 4.15. The molecule has 0 atom stereocenters. The van der Waals surface area contributed by atoms with Crippen LogP contribution in [0.1, 0.15) is 24.1 Å². The van der Waals surface area contributed by atoms with Crippen LogP contribution in [0.25, 0.3) is 0 Å². The molecule has 0 unspecified atom stereocenters. The van der Waals surface area contributed by atoms with Crippen molar-refractivity contribution in [2.24, 2.45) is 0 Å². The van der Waals surface area contributed by atoms with E-state index in [1.54, 1.807) is 18.2 Å². The average Bonchev–Trinajstić information content (AvgIpc) is 2.47. The number of anilines is 2. The van der Waals surface area contributed by atoms with Crippen molar-refractivity contribution in [2.75, 3.05) is 23.7 Å². The summed E-state index contributed by atoms with van der Waals surface area (Å²) in [4.78, 5) is 10.3. The molecule has 116 valence electrons. The minimum Gasteiger partial charge on any atom is -0.385 e. The highest BCUT2D eigenvalue weighted by Crippen LogP contribution is 2.35. The van der Waals surface area contributed by atoms with Crippen LogP contribution in [-0.2, 0) is 5.60 Å². The van der Waals surface area contributed by atoms with Gasteiger partial charge in [0.25, 0.3) is 0 Å². The normalized spacial score (nSPS) is 17.5. The van der Waals surface area contributed by atoms with Crippen LogP contribution in [0.15, 0.2) is 30.3 Å². The molecule has 0 saturated carbocycles. The number of aryl methyl sites for hydroxylation is 1. The first-order valence-corrected chi connectivity index (χ1v) is 7.31. The molecule has 1 aliphatic rings. The molecule has 2 heterocycles. The molecular formula is C16H19FN4O. The topological polar surface area (TPSA) is 75.3 Å². The summed E-state index contributed by atoms with van der Waals surface area (Å²) < 4.78 is 13.9. The van der Waals surface area contributed by atoms with Crippen LogP contribution < -0.4 is 10.6 Å². The van der Waals surface area contributed by atoms with Gasteiger partial charge in [0.15, 0.2) is 0 Å². The van der Waals surface area contributed by atoms with Gasteiger partial charge in [-0.1, -0.05) is 18.2 Å². The van der Waals surface area contributed by atoms with E-state index in [0.29, 0.717) is 31.5 Å². The molecule has 0 amide bonds. The average molecular weight is 302 g/mol. The van der Waals surface area contributed by atoms with Crippen LogP contribution >= 0.6 is 0 Å². The lowest BCUT2D eigenvalue weighted by Crippen LogP contribution is -2.43. The second-order valence-corrected chi connectivity index (χ2v) is 5.72. The van der Waals surface area contributed by atoms with Gasteiger partial charge in [-0.15, -0.1) is 0 Å². The number of piperidine rings is 1. The number of halogens is 1. The number of hydrogen-bond acceptors (Lipinski definition) is 5. The zero-order chi connectivity index (χ0) is 15.7. The Labute approximate surface area is 128 Å². The van der Waals surface area contributed by atoms with E-state index in [1.807, 2.05) is 17.9 Å². The summed E-state index contributed by atoms with van der Waals surface area (Å²) in [5.74, 6) is 0.631. The highest BCUT2D eigenvalue weighted by atomic mass is 19.1. The molecule has 2 aromatic rings. The van der Waals surface area contributed by atoms with E-state index in [1.165, 1.54) is 6.07 Å². The van der Waals surface area contributed by atoms with Gasteiger partial charge < -0.3 is 15.7 Å². The van der Waals surface area contributed by atoms with Gasteiger partial charge in [0.1, 0.15) is 11.6 Å². The minimum atomic E-state index is -1.13. The fourth-order valence-electron chi connectivity index (χ4n) is 2.95. The Kier molecular flexibility index (Phi) is 3.70. The van der Waals surface area contributed by atoms with E-state index in [0.717, 1.165) is 11.5 Å². The Morgan fingerprint density at radius 1 is 1.23 bits per heavy atom. The molecule has 0 spiro atoms. The molecule has 6 heteroatoms. The van der Waals surface area contributed by atoms with Crippen molar-refractivity contribution in [2.45, 2.75) is 25.4 Å². The van der Waals surface area contributed by atoms with Crippen molar-refractivity contribution in [1.82, 2.24) is 9.97 Å². The summed E-state index contributed by atoms with van der Waals surface area (Å²) in [6.07, 6.45) is 0.883. The summed E-state index contributed by atoms with van der Waals surface area (Å²) >= 11 is 0. The van der Waals surface area contributed by atoms with E-state index in [-0.39, 0.29) is 11.8 Å². The quantitative estimate of drug-likeness (QED) is 0.887. The van der Waals surface area contributed by atoms with Gasteiger partial charge in [-0.05, 0) is 25.8 Å². The van der Waals surface area contributed by atoms with Crippen LogP contribution in [0.5, 0.6) is 0 Å². The van der Waals surface area contributed by atoms with E-state index in [2.05, 4.69) is 9.97 Å². The molecule has 5 nitrogen and oxygen atoms in total. The lowest BCUT2D eigenvalue weighted by atomic mass is 9.84. The number of nitrogens with zero attached hydrogens (tertiary/aromatic N) is 3. The summed E-state index contributed by atoms with van der Waals surface area (Å²) in [5.41, 5.74) is 5.72. The fourth-order valence-corrected chi connectivity index (χ4v) is 2.95. The number of benzene rings is 1. The lowest BCUT2D eigenvalue weighted by Gasteiger charge is -2.39. The fraction of sp³-hybridized carbons (Fsp3) is 0.375. The van der Waals surface area contributed by atoms with Gasteiger partial charge >= 0.3 is 0 Å². The van der Waals surface area contributed by atoms with Crippen LogP contribution in [0, 0.1) is 12.7 Å². The van der Waals surface area contributed by atoms with E-state index in [4.69, 9.17) is 5.73 Å². The molecule has 0 aliphatic carbocycles. The monoisotopic (exact) mass is 302 g/mol. The maximum absolute atomic E-state index is 13.9. The van der Waals surface area contributed by atoms with Gasteiger partial charge in [-0.25, -0.2) is 9.37 Å². The molecule has 1 aromatic heterocycles. The smallest absolute Gasteiger partial charge is 0.222 e. The van der Waals surface area contributed by atoms with Gasteiger partial charge in [0.05, 0.1) is 5.60 Å². The van der Waals surface area contributed by atoms with Gasteiger partial charge in [0.2, 0.25) is 5.95 Å². The maximum Gasteiger partial charge on any atom is 0.222 e. The first-order chi connectivity index (χ1) is 10.5. The van der Waals surface area contributed by atoms with E-state index in [9.17, 15) is 9.50 Å². The van der Waals surface area contributed by atoms with Crippen molar-refractivity contribution in [3.63, 3.8) is 0 Å². The number of aromatic nitrogens is 2. The lowest BCUT2D eigenvalue weighted by molar-refractivity contribution is 0.00838. The number of rotatable bonds is 2. The highest BCUT2D eigenvalue weighted by molar-refractivity contribution is 5.44. The zero-order valence-electron chi connectivity index (χ0n) is 12.5. The Balaban J connectivity index is 1.79. The minimum absolute atomic E-state index is 0.241. The molecule has 1 aliphatic heterocycles. The Morgan fingerprint density at radius 2 is 1.91 bits per heavy atom. The number of aliphatic hydroxyl groups is 1. The molecule has 3 rings (SSSR count). The zero-order valence-corrected chi connectivity index (χ0v) is 12.5. The Bertz CT molecular complexity index is 663. The second-order valence-electron chi connectivity index (χ2n) is 5.72. The highest BCUT2D eigenvalue weighted by Gasteiger charge is 2.36. The molecule has 22 heavy (non-hydrogen) atoms. The van der Waals surface area contributed by atoms with Gasteiger partial charge in [0, 0.05) is 30.4 Å². The van der Waals surface area contributed by atoms with Crippen LogP contribution in [-0.4, -0.2) is 28.2 Å². The SMILES string of the molecule is Cc1cc(N2CCC(O)(c3ccccc3F)CC2)nc(N)n1. The van der Waals surface area contributed by atoms with E-state index < -0.39 is 5.60 Å². The third kappa shape index (κ3) is 2.74. The Morgan fingerprint density at radius 3 is 2.55 bits per heavy atom. The van der Waals surface area contributed by atoms with Crippen molar-refractivity contribution in [3.05, 3.63) is 47.4 Å². The molecule has 0 bridgehead atoms. The van der Waals surface area contributed by atoms with Gasteiger partial charge in [-0.2, -0.15) is 4.98 Å². The van der Waals surface area contributed by atoms with Crippen molar-refractivity contribution < 1.29 is 9.50 Å². The first-order valence-electron chi connectivity index (χ1n) is 7.31. The molecule has 3 N–H and O–H groups in total. The summed E-state index contributed by atoms with van der Waals surface area (Å²) in [7, 11) is 0. The molecule has 1 saturated heterocycles.